The zero-order valence-electron chi connectivity index (χ0n) is 12.1. The monoisotopic (exact) mass is 311 g/mol. The molecule has 0 spiro atoms. The lowest BCUT2D eigenvalue weighted by atomic mass is 10.2. The summed E-state index contributed by atoms with van der Waals surface area (Å²) in [6.07, 6.45) is 3.40. The lowest BCUT2D eigenvalue weighted by molar-refractivity contribution is 0.118. The minimum absolute atomic E-state index is 0.198. The van der Waals surface area contributed by atoms with E-state index in [-0.39, 0.29) is 11.9 Å². The Kier molecular flexibility index (Phi) is 6.82. The van der Waals surface area contributed by atoms with Gasteiger partial charge in [0.25, 0.3) is 0 Å². The van der Waals surface area contributed by atoms with Gasteiger partial charge in [0.15, 0.2) is 5.96 Å². The number of hydrogen-bond donors (Lipinski definition) is 2. The number of nitrogens with two attached hydrogens (primary N) is 1. The van der Waals surface area contributed by atoms with E-state index in [9.17, 15) is 4.39 Å². The van der Waals surface area contributed by atoms with Crippen LogP contribution in [0.5, 0.6) is 0 Å². The van der Waals surface area contributed by atoms with Gasteiger partial charge in [-0.15, -0.1) is 11.8 Å². The van der Waals surface area contributed by atoms with Crippen LogP contribution in [-0.2, 0) is 4.74 Å². The number of benzene rings is 1. The van der Waals surface area contributed by atoms with Crippen molar-refractivity contribution in [3.05, 3.63) is 30.1 Å². The standard InChI is InChI=1S/C15H22FN3OS/c16-12-4-6-14(7-5-12)21-10-2-8-18-15(17)19-11-13-3-1-9-20-13/h4-7,13H,1-3,8-11H2,(H3,17,18,19). The molecule has 0 radical (unpaired) electrons. The molecule has 1 aromatic carbocycles. The van der Waals surface area contributed by atoms with Gasteiger partial charge < -0.3 is 15.8 Å². The van der Waals surface area contributed by atoms with Crippen molar-refractivity contribution >= 4 is 17.7 Å². The molecule has 0 aliphatic carbocycles. The molecule has 1 fully saturated rings. The smallest absolute Gasteiger partial charge is 0.188 e. The van der Waals surface area contributed by atoms with Crippen molar-refractivity contribution < 1.29 is 9.13 Å². The molecule has 1 heterocycles. The Morgan fingerprint density at radius 3 is 2.95 bits per heavy atom. The second-order valence-corrected chi connectivity index (χ2v) is 6.11. The van der Waals surface area contributed by atoms with Crippen LogP contribution in [0.3, 0.4) is 0 Å². The van der Waals surface area contributed by atoms with Gasteiger partial charge in [0, 0.05) is 18.0 Å². The SMILES string of the molecule is NC(=NCC1CCCO1)NCCCSc1ccc(F)cc1. The van der Waals surface area contributed by atoms with Gasteiger partial charge in [0.2, 0.25) is 0 Å². The molecule has 1 saturated heterocycles. The average molecular weight is 311 g/mol. The van der Waals surface area contributed by atoms with E-state index in [0.717, 1.165) is 43.1 Å². The molecule has 4 nitrogen and oxygen atoms in total. The van der Waals surface area contributed by atoms with Crippen molar-refractivity contribution in [2.45, 2.75) is 30.3 Å². The van der Waals surface area contributed by atoms with E-state index in [4.69, 9.17) is 10.5 Å². The molecule has 1 unspecified atom stereocenters. The predicted molar refractivity (Wildman–Crippen MR) is 85.2 cm³/mol. The molecule has 0 saturated carbocycles. The lowest BCUT2D eigenvalue weighted by Crippen LogP contribution is -2.33. The maximum atomic E-state index is 12.7. The number of thioether (sulfide) groups is 1. The summed E-state index contributed by atoms with van der Waals surface area (Å²) < 4.78 is 18.2. The number of hydrogen-bond acceptors (Lipinski definition) is 3. The first kappa shape index (κ1) is 16.1. The zero-order valence-corrected chi connectivity index (χ0v) is 12.9. The molecular weight excluding hydrogens is 289 g/mol. The average Bonchev–Trinajstić information content (AvgIpc) is 3.00. The Hall–Kier alpha value is -1.27. The first-order valence-electron chi connectivity index (χ1n) is 7.28. The van der Waals surface area contributed by atoms with Crippen LogP contribution in [-0.4, -0.2) is 37.5 Å². The summed E-state index contributed by atoms with van der Waals surface area (Å²) in [5, 5.41) is 3.10. The number of ether oxygens (including phenoxy) is 1. The molecular formula is C15H22FN3OS. The van der Waals surface area contributed by atoms with Crippen LogP contribution in [0.4, 0.5) is 4.39 Å². The molecule has 2 rings (SSSR count). The first-order valence-corrected chi connectivity index (χ1v) is 8.26. The fourth-order valence-corrected chi connectivity index (χ4v) is 2.91. The van der Waals surface area contributed by atoms with E-state index < -0.39 is 0 Å². The van der Waals surface area contributed by atoms with Gasteiger partial charge in [-0.2, -0.15) is 0 Å². The van der Waals surface area contributed by atoms with Crippen LogP contribution in [0.15, 0.2) is 34.2 Å². The molecule has 3 N–H and O–H groups in total. The van der Waals surface area contributed by atoms with E-state index in [1.54, 1.807) is 23.9 Å². The summed E-state index contributed by atoms with van der Waals surface area (Å²) in [4.78, 5) is 5.36. The Morgan fingerprint density at radius 1 is 1.43 bits per heavy atom. The fraction of sp³-hybridized carbons (Fsp3) is 0.533. The highest BCUT2D eigenvalue weighted by Gasteiger charge is 2.14. The number of nitrogens with one attached hydrogen (secondary N) is 1. The zero-order chi connectivity index (χ0) is 14.9. The van der Waals surface area contributed by atoms with Gasteiger partial charge in [0.05, 0.1) is 12.6 Å². The van der Waals surface area contributed by atoms with Gasteiger partial charge in [-0.25, -0.2) is 4.39 Å². The van der Waals surface area contributed by atoms with Crippen LogP contribution in [0.1, 0.15) is 19.3 Å². The van der Waals surface area contributed by atoms with Crippen LogP contribution >= 0.6 is 11.8 Å². The molecule has 1 atom stereocenters. The molecule has 0 amide bonds. The maximum Gasteiger partial charge on any atom is 0.188 e. The van der Waals surface area contributed by atoms with Crippen molar-refractivity contribution in [3.63, 3.8) is 0 Å². The summed E-state index contributed by atoms with van der Waals surface area (Å²) >= 11 is 1.71. The van der Waals surface area contributed by atoms with Crippen molar-refractivity contribution in [2.75, 3.05) is 25.4 Å². The van der Waals surface area contributed by atoms with Crippen LogP contribution in [0.25, 0.3) is 0 Å². The van der Waals surface area contributed by atoms with E-state index in [2.05, 4.69) is 10.3 Å². The fourth-order valence-electron chi connectivity index (χ4n) is 2.05. The number of guanidine groups is 1. The van der Waals surface area contributed by atoms with Crippen molar-refractivity contribution in [1.29, 1.82) is 0 Å². The summed E-state index contributed by atoms with van der Waals surface area (Å²) in [5.41, 5.74) is 5.80. The largest absolute Gasteiger partial charge is 0.376 e. The van der Waals surface area contributed by atoms with Gasteiger partial charge in [-0.1, -0.05) is 0 Å². The Labute approximate surface area is 129 Å². The highest BCUT2D eigenvalue weighted by molar-refractivity contribution is 7.99. The predicted octanol–water partition coefficient (Wildman–Crippen LogP) is 2.39. The molecule has 6 heteroatoms. The molecule has 1 aliphatic heterocycles. The molecule has 116 valence electrons. The third-order valence-electron chi connectivity index (χ3n) is 3.20. The van der Waals surface area contributed by atoms with Crippen LogP contribution < -0.4 is 11.1 Å². The van der Waals surface area contributed by atoms with Crippen molar-refractivity contribution in [3.8, 4) is 0 Å². The Morgan fingerprint density at radius 2 is 2.24 bits per heavy atom. The van der Waals surface area contributed by atoms with Crippen LogP contribution in [0.2, 0.25) is 0 Å². The first-order chi connectivity index (χ1) is 10.2. The highest BCUT2D eigenvalue weighted by Crippen LogP contribution is 2.18. The molecule has 0 bridgehead atoms. The topological polar surface area (TPSA) is 59.6 Å². The molecule has 21 heavy (non-hydrogen) atoms. The summed E-state index contributed by atoms with van der Waals surface area (Å²) in [6.45, 7) is 2.27. The third kappa shape index (κ3) is 6.35. The second kappa shape index (κ2) is 8.89. The van der Waals surface area contributed by atoms with Crippen LogP contribution in [0, 0.1) is 5.82 Å². The minimum atomic E-state index is -0.198. The number of nitrogens with zero attached hydrogens (tertiary/aromatic N) is 1. The lowest BCUT2D eigenvalue weighted by Gasteiger charge is -2.08. The van der Waals surface area contributed by atoms with Crippen molar-refractivity contribution in [2.24, 2.45) is 10.7 Å². The Bertz CT molecular complexity index is 447. The summed E-state index contributed by atoms with van der Waals surface area (Å²) in [7, 11) is 0. The van der Waals surface area contributed by atoms with Crippen molar-refractivity contribution in [1.82, 2.24) is 5.32 Å². The Balaban J connectivity index is 1.54. The minimum Gasteiger partial charge on any atom is -0.376 e. The van der Waals surface area contributed by atoms with E-state index in [0.29, 0.717) is 12.5 Å². The molecule has 0 aromatic heterocycles. The number of aliphatic imine (C=N–C) groups is 1. The molecule has 1 aromatic rings. The maximum absolute atomic E-state index is 12.7. The van der Waals surface area contributed by atoms with E-state index >= 15 is 0 Å². The second-order valence-electron chi connectivity index (χ2n) is 4.94. The highest BCUT2D eigenvalue weighted by atomic mass is 32.2. The van der Waals surface area contributed by atoms with E-state index in [1.165, 1.54) is 12.1 Å². The molecule has 1 aliphatic rings. The third-order valence-corrected chi connectivity index (χ3v) is 4.30. The number of halogens is 1. The van der Waals surface area contributed by atoms with Gasteiger partial charge in [-0.05, 0) is 49.3 Å². The normalized spacial score (nSPS) is 18.9. The van der Waals surface area contributed by atoms with Gasteiger partial charge in [0.1, 0.15) is 5.82 Å². The summed E-state index contributed by atoms with van der Waals surface area (Å²) in [6, 6.07) is 6.56. The van der Waals surface area contributed by atoms with E-state index in [1.807, 2.05) is 0 Å². The van der Waals surface area contributed by atoms with Gasteiger partial charge >= 0.3 is 0 Å². The quantitative estimate of drug-likeness (QED) is 0.351. The number of rotatable bonds is 7. The summed E-state index contributed by atoms with van der Waals surface area (Å²) in [5.74, 6) is 1.24. The van der Waals surface area contributed by atoms with Gasteiger partial charge in [-0.3, -0.25) is 4.99 Å².